The van der Waals surface area contributed by atoms with Crippen LogP contribution in [0, 0.1) is 0 Å². The molecule has 0 saturated heterocycles. The summed E-state index contributed by atoms with van der Waals surface area (Å²) in [6.07, 6.45) is 16.7. The summed E-state index contributed by atoms with van der Waals surface area (Å²) in [5, 5.41) is 0. The van der Waals surface area contributed by atoms with Gasteiger partial charge in [0.05, 0.1) is 0 Å². The maximum atomic E-state index is 4.93. The number of hydrogen-bond donors (Lipinski definition) is 0. The molecule has 8 bridgehead atoms. The third kappa shape index (κ3) is 3.55. The zero-order chi connectivity index (χ0) is 31.8. The molecule has 2 aromatic heterocycles. The van der Waals surface area contributed by atoms with Crippen molar-refractivity contribution in [2.45, 2.75) is 70.1 Å². The molecule has 49 heavy (non-hydrogen) atoms. The SMILES string of the molecule is C1=CC2=NC3=NC(=NC4=CC=C(C4)N=C4CCC(=N4)N=C1C2)CC3.c1cc2n3c1N=C1CCC4=[N+]1C31n3c(ccc3=NC3=[N+]1C(=N2)CC3)=N4. The van der Waals surface area contributed by atoms with Gasteiger partial charge in [-0.25, -0.2) is 30.0 Å². The number of fused-ring (bicyclic) bond motifs is 6. The van der Waals surface area contributed by atoms with Gasteiger partial charge in [-0.2, -0.15) is 18.3 Å². The van der Waals surface area contributed by atoms with Crippen molar-refractivity contribution >= 4 is 69.7 Å². The van der Waals surface area contributed by atoms with E-state index < -0.39 is 5.91 Å². The average molecular weight is 645 g/mol. The molecule has 0 saturated carbocycles. The number of allylic oxidation sites excluding steroid dienone is 4. The van der Waals surface area contributed by atoms with E-state index in [4.69, 9.17) is 20.0 Å². The molecule has 0 radical (unpaired) electrons. The molecule has 11 heterocycles. The second-order valence-corrected chi connectivity index (χ2v) is 13.5. The summed E-state index contributed by atoms with van der Waals surface area (Å²) in [6, 6.07) is 8.33. The van der Waals surface area contributed by atoms with Crippen LogP contribution in [0.3, 0.4) is 0 Å². The van der Waals surface area contributed by atoms with Crippen LogP contribution in [0.5, 0.6) is 0 Å². The third-order valence-electron chi connectivity index (χ3n) is 10.4. The molecule has 0 amide bonds. The zero-order valence-corrected chi connectivity index (χ0v) is 26.5. The Morgan fingerprint density at radius 2 is 0.980 bits per heavy atom. The molecule has 0 N–H and O–H groups in total. The predicted octanol–water partition coefficient (Wildman–Crippen LogP) is 3.36. The molecule has 0 unspecified atom stereocenters. The minimum atomic E-state index is -0.558. The molecule has 236 valence electrons. The van der Waals surface area contributed by atoms with Gasteiger partial charge in [0, 0.05) is 111 Å². The summed E-state index contributed by atoms with van der Waals surface area (Å²) < 4.78 is 9.17. The lowest BCUT2D eigenvalue weighted by Crippen LogP contribution is -2.71. The van der Waals surface area contributed by atoms with Gasteiger partial charge in [0.1, 0.15) is 23.3 Å². The van der Waals surface area contributed by atoms with Crippen molar-refractivity contribution in [1.82, 2.24) is 9.13 Å². The smallest absolute Gasteiger partial charge is 0.238 e. The predicted molar refractivity (Wildman–Crippen MR) is 185 cm³/mol. The van der Waals surface area contributed by atoms with E-state index in [2.05, 4.69) is 72.5 Å². The Bertz CT molecular complexity index is 2430. The minimum Gasteiger partial charge on any atom is -0.238 e. The number of aromatic nitrogens is 2. The molecule has 14 nitrogen and oxygen atoms in total. The number of amidine groups is 8. The highest BCUT2D eigenvalue weighted by Gasteiger charge is 2.66. The van der Waals surface area contributed by atoms with Crippen LogP contribution in [-0.2, 0) is 5.91 Å². The first-order valence-electron chi connectivity index (χ1n) is 17.0. The molecule has 2 aliphatic carbocycles. The molecule has 13 rings (SSSR count). The van der Waals surface area contributed by atoms with E-state index in [0.29, 0.717) is 0 Å². The van der Waals surface area contributed by atoms with Crippen LogP contribution in [-0.4, -0.2) is 76.4 Å². The number of rotatable bonds is 0. The van der Waals surface area contributed by atoms with E-state index >= 15 is 0 Å². The fourth-order valence-electron chi connectivity index (χ4n) is 8.49. The third-order valence-corrected chi connectivity index (χ3v) is 10.4. The number of nitrogens with zero attached hydrogens (tertiary/aromatic N) is 14. The quantitative estimate of drug-likeness (QED) is 0.389. The molecule has 0 atom stereocenters. The molecular weight excluding hydrogens is 616 g/mol. The largest absolute Gasteiger partial charge is 0.403 e. The lowest BCUT2D eigenvalue weighted by atomic mass is 10.2. The van der Waals surface area contributed by atoms with Crippen molar-refractivity contribution in [1.29, 1.82) is 0 Å². The van der Waals surface area contributed by atoms with Gasteiger partial charge in [0.2, 0.25) is 46.0 Å². The molecule has 0 fully saturated rings. The Morgan fingerprint density at radius 3 is 1.51 bits per heavy atom. The first kappa shape index (κ1) is 26.1. The van der Waals surface area contributed by atoms with Crippen molar-refractivity contribution < 1.29 is 9.15 Å². The van der Waals surface area contributed by atoms with Crippen molar-refractivity contribution in [3.63, 3.8) is 0 Å². The maximum absolute atomic E-state index is 4.93. The van der Waals surface area contributed by atoms with Crippen molar-refractivity contribution in [2.24, 2.45) is 49.9 Å². The van der Waals surface area contributed by atoms with Crippen LogP contribution < -0.4 is 11.0 Å². The summed E-state index contributed by atoms with van der Waals surface area (Å²) in [6.45, 7) is 0. The van der Waals surface area contributed by atoms with E-state index in [1.165, 1.54) is 0 Å². The summed E-state index contributed by atoms with van der Waals surface area (Å²) in [7, 11) is 0. The molecular formula is C35H28N14+2. The highest BCUT2D eigenvalue weighted by atomic mass is 15.7. The van der Waals surface area contributed by atoms with E-state index in [0.717, 1.165) is 156 Å². The van der Waals surface area contributed by atoms with Gasteiger partial charge in [0.15, 0.2) is 0 Å². The van der Waals surface area contributed by atoms with Crippen molar-refractivity contribution in [3.05, 3.63) is 70.9 Å². The van der Waals surface area contributed by atoms with Gasteiger partial charge < -0.3 is 0 Å². The minimum absolute atomic E-state index is 0.558. The summed E-state index contributed by atoms with van der Waals surface area (Å²) >= 11 is 0. The van der Waals surface area contributed by atoms with Crippen molar-refractivity contribution in [3.8, 4) is 0 Å². The molecule has 14 heteroatoms. The van der Waals surface area contributed by atoms with E-state index in [1.54, 1.807) is 0 Å². The van der Waals surface area contributed by atoms with Crippen LogP contribution in [0.25, 0.3) is 0 Å². The van der Waals surface area contributed by atoms with Crippen LogP contribution in [0.4, 0.5) is 11.6 Å². The highest BCUT2D eigenvalue weighted by Crippen LogP contribution is 2.46. The fourth-order valence-corrected chi connectivity index (χ4v) is 8.49. The van der Waals surface area contributed by atoms with Gasteiger partial charge in [-0.1, -0.05) is 20.0 Å². The summed E-state index contributed by atoms with van der Waals surface area (Å²) in [5.74, 6) is 9.21. The van der Waals surface area contributed by atoms with Crippen LogP contribution in [0.15, 0.2) is 110 Å². The molecule has 11 aliphatic rings. The Labute approximate surface area is 278 Å². The number of hydrogen-bond acceptors (Lipinski definition) is 10. The second-order valence-electron chi connectivity index (χ2n) is 13.5. The first-order valence-corrected chi connectivity index (χ1v) is 17.0. The van der Waals surface area contributed by atoms with Gasteiger partial charge in [-0.3, -0.25) is 0 Å². The summed E-state index contributed by atoms with van der Waals surface area (Å²) in [5.41, 5.74) is 5.97. The normalized spacial score (nSPS) is 24.6. The van der Waals surface area contributed by atoms with Gasteiger partial charge >= 0.3 is 5.91 Å². The maximum Gasteiger partial charge on any atom is 0.403 e. The Balaban J connectivity index is 0.000000113. The van der Waals surface area contributed by atoms with E-state index in [-0.39, 0.29) is 0 Å². The molecule has 0 aromatic carbocycles. The highest BCUT2D eigenvalue weighted by molar-refractivity contribution is 6.26. The molecule has 2 aromatic rings. The zero-order valence-electron chi connectivity index (χ0n) is 26.5. The van der Waals surface area contributed by atoms with Gasteiger partial charge in [-0.05, 0) is 24.3 Å². The number of aliphatic imine (C=N–C) groups is 8. The van der Waals surface area contributed by atoms with Gasteiger partial charge in [-0.15, -0.1) is 0 Å². The van der Waals surface area contributed by atoms with Gasteiger partial charge in [0.25, 0.3) is 0 Å². The topological polar surface area (TPSA) is 139 Å². The Kier molecular flexibility index (Phi) is 4.87. The van der Waals surface area contributed by atoms with Crippen LogP contribution >= 0.6 is 0 Å². The first-order chi connectivity index (χ1) is 24.2. The van der Waals surface area contributed by atoms with Crippen LogP contribution in [0.2, 0.25) is 0 Å². The van der Waals surface area contributed by atoms with Crippen LogP contribution in [0.1, 0.15) is 64.2 Å². The Hall–Kier alpha value is -5.92. The monoisotopic (exact) mass is 644 g/mol. The molecule has 1 spiro atoms. The second kappa shape index (κ2) is 9.15. The van der Waals surface area contributed by atoms with E-state index in [9.17, 15) is 0 Å². The lowest BCUT2D eigenvalue weighted by Gasteiger charge is -2.40. The Morgan fingerprint density at radius 1 is 0.469 bits per heavy atom. The standard InChI is InChI=1S/C18H16N6.C17H12N8/c1-2-12-9-11(1)19-15-5-6-17(23-15)21-13-3-4-14(10-13)22-18-8-7-16(20-12)24-18;1-2-10-19-12-5-6-14-21-16-8-7-15-20-13-4-3-11-18-9(1)22(10)17(23(11)13,24(12)14)25(15)16/h1-4H,5-10H2;1-2,7-8H,3-6H2/q;+2. The molecule has 9 aliphatic heterocycles. The van der Waals surface area contributed by atoms with Crippen molar-refractivity contribution in [2.75, 3.05) is 0 Å². The summed E-state index contributed by atoms with van der Waals surface area (Å²) in [4.78, 5) is 47.5. The lowest BCUT2D eigenvalue weighted by molar-refractivity contribution is -0.791. The average Bonchev–Trinajstić information content (AvgIpc) is 3.94. The fraction of sp³-hybridized carbons (Fsp3) is 0.314. The van der Waals surface area contributed by atoms with E-state index in [1.807, 2.05) is 24.3 Å².